The zero-order valence-corrected chi connectivity index (χ0v) is 11.8. The molecule has 0 saturated carbocycles. The molecule has 5 nitrogen and oxygen atoms in total. The average molecular weight is 279 g/mol. The summed E-state index contributed by atoms with van der Waals surface area (Å²) in [5, 5.41) is 3.96. The van der Waals surface area contributed by atoms with Crippen LogP contribution in [-0.4, -0.2) is 29.3 Å². The van der Waals surface area contributed by atoms with Gasteiger partial charge in [-0.3, -0.25) is 0 Å². The first-order valence-corrected chi connectivity index (χ1v) is 7.36. The van der Waals surface area contributed by atoms with Gasteiger partial charge in [-0.2, -0.15) is 16.7 Å². The lowest BCUT2D eigenvalue weighted by atomic mass is 10.2. The fraction of sp³-hybridized carbons (Fsp3) is 0.385. The monoisotopic (exact) mass is 279 g/mol. The highest BCUT2D eigenvalue weighted by atomic mass is 32.2. The zero-order chi connectivity index (χ0) is 13.7. The molecule has 0 unspecified atom stereocenters. The number of aromatic nitrogens is 2. The number of hydrogen-bond donors (Lipinski definition) is 1. The Bertz CT molecular complexity index is 513. The van der Waals surface area contributed by atoms with E-state index < -0.39 is 0 Å². The minimum Gasteiger partial charge on any atom is -0.497 e. The van der Waals surface area contributed by atoms with Crippen LogP contribution in [0.3, 0.4) is 0 Å². The largest absolute Gasteiger partial charge is 0.497 e. The van der Waals surface area contributed by atoms with Crippen molar-refractivity contribution in [3.05, 3.63) is 30.2 Å². The minimum absolute atomic E-state index is 0.202. The number of thioether (sulfide) groups is 1. The fourth-order valence-electron chi connectivity index (χ4n) is 1.61. The van der Waals surface area contributed by atoms with Gasteiger partial charge in [0.2, 0.25) is 11.7 Å². The van der Waals surface area contributed by atoms with Crippen LogP contribution in [-0.2, 0) is 0 Å². The van der Waals surface area contributed by atoms with E-state index in [0.717, 1.165) is 23.5 Å². The second-order valence-electron chi connectivity index (χ2n) is 4.07. The fourth-order valence-corrected chi connectivity index (χ4v) is 2.10. The molecule has 2 N–H and O–H groups in total. The number of nitrogens with two attached hydrogens (primary N) is 1. The Morgan fingerprint density at radius 3 is 2.74 bits per heavy atom. The van der Waals surface area contributed by atoms with Gasteiger partial charge in [-0.15, -0.1) is 0 Å². The number of benzene rings is 1. The molecule has 0 aliphatic heterocycles. The van der Waals surface area contributed by atoms with Crippen LogP contribution in [0.2, 0.25) is 0 Å². The molecule has 0 fully saturated rings. The van der Waals surface area contributed by atoms with Crippen molar-refractivity contribution in [2.24, 2.45) is 5.73 Å². The second kappa shape index (κ2) is 6.58. The first-order chi connectivity index (χ1) is 9.24. The van der Waals surface area contributed by atoms with Crippen molar-refractivity contribution in [2.75, 3.05) is 19.1 Å². The van der Waals surface area contributed by atoms with Gasteiger partial charge in [0.25, 0.3) is 0 Å². The smallest absolute Gasteiger partial charge is 0.243 e. The predicted molar refractivity (Wildman–Crippen MR) is 76.2 cm³/mol. The van der Waals surface area contributed by atoms with Crippen molar-refractivity contribution < 1.29 is 9.26 Å². The molecular formula is C13H17N3O2S. The molecule has 102 valence electrons. The Kier molecular flexibility index (Phi) is 4.81. The Hall–Kier alpha value is -1.53. The van der Waals surface area contributed by atoms with Crippen LogP contribution in [0.4, 0.5) is 0 Å². The molecule has 0 radical (unpaired) electrons. The summed E-state index contributed by atoms with van der Waals surface area (Å²) in [7, 11) is 1.63. The lowest BCUT2D eigenvalue weighted by Crippen LogP contribution is -2.11. The number of methoxy groups -OCH3 is 1. The molecule has 1 heterocycles. The summed E-state index contributed by atoms with van der Waals surface area (Å²) in [5.41, 5.74) is 6.87. The molecule has 1 aromatic heterocycles. The number of rotatable bonds is 6. The molecule has 2 aromatic rings. The van der Waals surface area contributed by atoms with E-state index in [4.69, 9.17) is 15.0 Å². The highest BCUT2D eigenvalue weighted by molar-refractivity contribution is 7.98. The van der Waals surface area contributed by atoms with Gasteiger partial charge in [-0.1, -0.05) is 5.16 Å². The molecule has 0 bridgehead atoms. The normalized spacial score (nSPS) is 12.4. The average Bonchev–Trinajstić information content (AvgIpc) is 2.94. The molecular weight excluding hydrogens is 262 g/mol. The topological polar surface area (TPSA) is 74.2 Å². The summed E-state index contributed by atoms with van der Waals surface area (Å²) in [4.78, 5) is 4.34. The summed E-state index contributed by atoms with van der Waals surface area (Å²) < 4.78 is 10.3. The van der Waals surface area contributed by atoms with Crippen molar-refractivity contribution in [3.8, 4) is 17.1 Å². The molecule has 0 spiro atoms. The summed E-state index contributed by atoms with van der Waals surface area (Å²) in [5.74, 6) is 2.81. The van der Waals surface area contributed by atoms with Gasteiger partial charge in [-0.05, 0) is 42.7 Å². The SMILES string of the molecule is COc1ccc(-c2noc([C@H](N)CCSC)n2)cc1. The van der Waals surface area contributed by atoms with E-state index in [-0.39, 0.29) is 6.04 Å². The van der Waals surface area contributed by atoms with Crippen molar-refractivity contribution in [1.82, 2.24) is 10.1 Å². The van der Waals surface area contributed by atoms with E-state index in [2.05, 4.69) is 10.1 Å². The van der Waals surface area contributed by atoms with Crippen LogP contribution in [0, 0.1) is 0 Å². The summed E-state index contributed by atoms with van der Waals surface area (Å²) in [6.45, 7) is 0. The molecule has 19 heavy (non-hydrogen) atoms. The van der Waals surface area contributed by atoms with E-state index in [0.29, 0.717) is 11.7 Å². The maximum Gasteiger partial charge on any atom is 0.243 e. The Balaban J connectivity index is 2.11. The summed E-state index contributed by atoms with van der Waals surface area (Å²) in [6.07, 6.45) is 2.87. The van der Waals surface area contributed by atoms with Crippen molar-refractivity contribution in [2.45, 2.75) is 12.5 Å². The molecule has 1 atom stereocenters. The van der Waals surface area contributed by atoms with E-state index in [9.17, 15) is 0 Å². The van der Waals surface area contributed by atoms with Crippen LogP contribution < -0.4 is 10.5 Å². The maximum absolute atomic E-state index is 5.99. The molecule has 1 aromatic carbocycles. The van der Waals surface area contributed by atoms with E-state index in [1.807, 2.05) is 30.5 Å². The van der Waals surface area contributed by atoms with E-state index in [1.165, 1.54) is 0 Å². The standard InChI is InChI=1S/C13H17N3O2S/c1-17-10-5-3-9(4-6-10)12-15-13(18-16-12)11(14)7-8-19-2/h3-6,11H,7-8,14H2,1-2H3/t11-/m1/s1. The van der Waals surface area contributed by atoms with Gasteiger partial charge in [0.15, 0.2) is 0 Å². The quantitative estimate of drug-likeness (QED) is 0.875. The first kappa shape index (κ1) is 13.9. The van der Waals surface area contributed by atoms with Gasteiger partial charge in [0.05, 0.1) is 13.2 Å². The molecule has 0 aliphatic carbocycles. The lowest BCUT2D eigenvalue weighted by Gasteiger charge is -2.03. The molecule has 6 heteroatoms. The number of nitrogens with zero attached hydrogens (tertiary/aromatic N) is 2. The van der Waals surface area contributed by atoms with Crippen molar-refractivity contribution in [1.29, 1.82) is 0 Å². The van der Waals surface area contributed by atoms with Crippen LogP contribution in [0.5, 0.6) is 5.75 Å². The van der Waals surface area contributed by atoms with Crippen LogP contribution in [0.1, 0.15) is 18.4 Å². The second-order valence-corrected chi connectivity index (χ2v) is 5.06. The highest BCUT2D eigenvalue weighted by Gasteiger charge is 2.15. The third kappa shape index (κ3) is 3.48. The Morgan fingerprint density at radius 1 is 1.37 bits per heavy atom. The highest BCUT2D eigenvalue weighted by Crippen LogP contribution is 2.22. The van der Waals surface area contributed by atoms with Crippen molar-refractivity contribution >= 4 is 11.8 Å². The Morgan fingerprint density at radius 2 is 2.11 bits per heavy atom. The molecule has 0 saturated heterocycles. The third-order valence-corrected chi connectivity index (χ3v) is 3.38. The molecule has 0 aliphatic rings. The summed E-state index contributed by atoms with van der Waals surface area (Å²) in [6, 6.07) is 7.30. The number of ether oxygens (including phenoxy) is 1. The van der Waals surface area contributed by atoms with E-state index in [1.54, 1.807) is 18.9 Å². The summed E-state index contributed by atoms with van der Waals surface area (Å²) >= 11 is 1.75. The van der Waals surface area contributed by atoms with Gasteiger partial charge in [0, 0.05) is 5.56 Å². The molecule has 0 amide bonds. The zero-order valence-electron chi connectivity index (χ0n) is 11.0. The third-order valence-electron chi connectivity index (χ3n) is 2.74. The number of hydrogen-bond acceptors (Lipinski definition) is 6. The lowest BCUT2D eigenvalue weighted by molar-refractivity contribution is 0.353. The van der Waals surface area contributed by atoms with Crippen LogP contribution in [0.25, 0.3) is 11.4 Å². The minimum atomic E-state index is -0.202. The first-order valence-electron chi connectivity index (χ1n) is 5.97. The molecule has 2 rings (SSSR count). The van der Waals surface area contributed by atoms with E-state index >= 15 is 0 Å². The van der Waals surface area contributed by atoms with Crippen LogP contribution >= 0.6 is 11.8 Å². The van der Waals surface area contributed by atoms with Crippen LogP contribution in [0.15, 0.2) is 28.8 Å². The van der Waals surface area contributed by atoms with Gasteiger partial charge in [-0.25, -0.2) is 0 Å². The van der Waals surface area contributed by atoms with Gasteiger partial charge in [0.1, 0.15) is 5.75 Å². The van der Waals surface area contributed by atoms with Gasteiger partial charge < -0.3 is 15.0 Å². The van der Waals surface area contributed by atoms with Gasteiger partial charge >= 0.3 is 0 Å². The van der Waals surface area contributed by atoms with Crippen molar-refractivity contribution in [3.63, 3.8) is 0 Å². The Labute approximate surface area is 116 Å². The maximum atomic E-state index is 5.99. The predicted octanol–water partition coefficient (Wildman–Crippen LogP) is 2.50.